The average molecular weight is 486 g/mol. The summed E-state index contributed by atoms with van der Waals surface area (Å²) in [6.07, 6.45) is 0. The summed E-state index contributed by atoms with van der Waals surface area (Å²) in [5, 5.41) is 11.2. The molecule has 0 spiro atoms. The molecule has 0 amide bonds. The standard InChI is InChI=1S/C27H32ClNO5/c1-7-33-25(31)23-17(5)29(15-16(3)4)22-11-9-10-21(24(22)23)27(6,26(32)34-8-2)18-12-19(28)14-20(30)13-18/h9-14,16,30H,7-8,15H2,1-6H3. The summed E-state index contributed by atoms with van der Waals surface area (Å²) >= 11 is 6.26. The molecule has 7 heteroatoms. The number of phenols is 1. The largest absolute Gasteiger partial charge is 0.508 e. The second-order valence-electron chi connectivity index (χ2n) is 8.93. The Kier molecular flexibility index (Phi) is 7.61. The van der Waals surface area contributed by atoms with Crippen molar-refractivity contribution in [3.05, 3.63) is 63.8 Å². The maximum Gasteiger partial charge on any atom is 0.340 e. The second-order valence-corrected chi connectivity index (χ2v) is 9.37. The Hall–Kier alpha value is -2.99. The van der Waals surface area contributed by atoms with Crippen molar-refractivity contribution in [3.8, 4) is 5.75 Å². The summed E-state index contributed by atoms with van der Waals surface area (Å²) in [7, 11) is 0. The molecule has 1 heterocycles. The van der Waals surface area contributed by atoms with Crippen molar-refractivity contribution in [2.75, 3.05) is 13.2 Å². The minimum Gasteiger partial charge on any atom is -0.508 e. The number of hydrogen-bond donors (Lipinski definition) is 1. The number of hydrogen-bond acceptors (Lipinski definition) is 5. The van der Waals surface area contributed by atoms with Crippen LogP contribution in [0.4, 0.5) is 0 Å². The van der Waals surface area contributed by atoms with Gasteiger partial charge in [-0.3, -0.25) is 4.79 Å². The molecule has 1 atom stereocenters. The number of halogens is 1. The molecular weight excluding hydrogens is 454 g/mol. The van der Waals surface area contributed by atoms with Crippen molar-refractivity contribution in [2.24, 2.45) is 5.92 Å². The lowest BCUT2D eigenvalue weighted by atomic mass is 9.74. The van der Waals surface area contributed by atoms with E-state index < -0.39 is 17.4 Å². The molecule has 0 aliphatic carbocycles. The highest BCUT2D eigenvalue weighted by molar-refractivity contribution is 6.30. The number of rotatable bonds is 8. The molecule has 6 nitrogen and oxygen atoms in total. The van der Waals surface area contributed by atoms with Crippen molar-refractivity contribution in [1.29, 1.82) is 0 Å². The number of carbonyl (C=O) groups is 2. The number of aromatic nitrogens is 1. The van der Waals surface area contributed by atoms with Crippen molar-refractivity contribution < 1.29 is 24.2 Å². The highest BCUT2D eigenvalue weighted by Gasteiger charge is 2.42. The Bertz CT molecular complexity index is 1210. The van der Waals surface area contributed by atoms with Gasteiger partial charge in [0.05, 0.1) is 18.8 Å². The van der Waals surface area contributed by atoms with E-state index in [1.165, 1.54) is 12.1 Å². The van der Waals surface area contributed by atoms with Crippen LogP contribution in [0, 0.1) is 12.8 Å². The summed E-state index contributed by atoms with van der Waals surface area (Å²) in [5.41, 5.74) is 1.72. The first-order chi connectivity index (χ1) is 16.1. The van der Waals surface area contributed by atoms with Crippen molar-refractivity contribution in [1.82, 2.24) is 4.57 Å². The zero-order valence-electron chi connectivity index (χ0n) is 20.6. The second kappa shape index (κ2) is 10.1. The SMILES string of the molecule is CCOC(=O)c1c(C)n(CC(C)C)c2cccc(C(C)(C(=O)OCC)c3cc(O)cc(Cl)c3)c12. The molecule has 0 bridgehead atoms. The predicted molar refractivity (Wildman–Crippen MR) is 134 cm³/mol. The fraction of sp³-hybridized carbons (Fsp3) is 0.407. The number of esters is 2. The molecule has 2 aromatic carbocycles. The third-order valence-corrected chi connectivity index (χ3v) is 6.28. The van der Waals surface area contributed by atoms with E-state index in [0.717, 1.165) is 11.2 Å². The van der Waals surface area contributed by atoms with Crippen LogP contribution in [0.1, 0.15) is 61.8 Å². The first kappa shape index (κ1) is 25.6. The van der Waals surface area contributed by atoms with E-state index in [9.17, 15) is 14.7 Å². The lowest BCUT2D eigenvalue weighted by Gasteiger charge is -2.30. The monoisotopic (exact) mass is 485 g/mol. The molecule has 0 fully saturated rings. The first-order valence-electron chi connectivity index (χ1n) is 11.5. The summed E-state index contributed by atoms with van der Waals surface area (Å²) in [5.74, 6) is -0.688. The van der Waals surface area contributed by atoms with Crippen LogP contribution >= 0.6 is 11.6 Å². The van der Waals surface area contributed by atoms with Crippen LogP contribution in [-0.4, -0.2) is 34.8 Å². The van der Waals surface area contributed by atoms with Gasteiger partial charge in [0.2, 0.25) is 0 Å². The molecule has 1 N–H and O–H groups in total. The molecule has 3 rings (SSSR count). The lowest BCUT2D eigenvalue weighted by molar-refractivity contribution is -0.147. The number of phenolic OH excluding ortho intramolecular Hbond substituents is 1. The van der Waals surface area contributed by atoms with Gasteiger partial charge in [-0.05, 0) is 69.0 Å². The Morgan fingerprint density at radius 1 is 1.12 bits per heavy atom. The maximum absolute atomic E-state index is 13.5. The fourth-order valence-corrected chi connectivity index (χ4v) is 4.75. The molecule has 1 unspecified atom stereocenters. The smallest absolute Gasteiger partial charge is 0.340 e. The van der Waals surface area contributed by atoms with Crippen LogP contribution in [-0.2, 0) is 26.2 Å². The van der Waals surface area contributed by atoms with Crippen LogP contribution in [0.3, 0.4) is 0 Å². The number of fused-ring (bicyclic) bond motifs is 1. The van der Waals surface area contributed by atoms with E-state index in [1.54, 1.807) is 26.8 Å². The van der Waals surface area contributed by atoms with Gasteiger partial charge in [-0.15, -0.1) is 0 Å². The van der Waals surface area contributed by atoms with Crippen LogP contribution in [0.15, 0.2) is 36.4 Å². The number of carbonyl (C=O) groups excluding carboxylic acids is 2. The first-order valence-corrected chi connectivity index (χ1v) is 11.9. The Labute approximate surface area is 205 Å². The normalized spacial score (nSPS) is 13.2. The summed E-state index contributed by atoms with van der Waals surface area (Å²) in [6.45, 7) is 12.4. The van der Waals surface area contributed by atoms with Crippen LogP contribution in [0.5, 0.6) is 5.75 Å². The molecule has 34 heavy (non-hydrogen) atoms. The van der Waals surface area contributed by atoms with E-state index in [-0.39, 0.29) is 24.0 Å². The molecular formula is C27H32ClNO5. The van der Waals surface area contributed by atoms with Crippen LogP contribution in [0.25, 0.3) is 10.9 Å². The Balaban J connectivity index is 2.47. The van der Waals surface area contributed by atoms with Gasteiger partial charge in [-0.25, -0.2) is 4.79 Å². The molecule has 1 aromatic heterocycles. The zero-order valence-corrected chi connectivity index (χ0v) is 21.3. The molecule has 0 saturated carbocycles. The van der Waals surface area contributed by atoms with Gasteiger partial charge in [0, 0.05) is 28.2 Å². The topological polar surface area (TPSA) is 77.8 Å². The summed E-state index contributed by atoms with van der Waals surface area (Å²) in [4.78, 5) is 26.7. The quantitative estimate of drug-likeness (QED) is 0.395. The number of aromatic hydroxyl groups is 1. The fourth-order valence-electron chi connectivity index (χ4n) is 4.52. The number of benzene rings is 2. The van der Waals surface area contributed by atoms with E-state index in [4.69, 9.17) is 21.1 Å². The van der Waals surface area contributed by atoms with Gasteiger partial charge in [-0.1, -0.05) is 37.6 Å². The molecule has 0 aliphatic rings. The zero-order chi connectivity index (χ0) is 25.2. The van der Waals surface area contributed by atoms with Gasteiger partial charge in [0.1, 0.15) is 11.2 Å². The number of nitrogens with zero attached hydrogens (tertiary/aromatic N) is 1. The van der Waals surface area contributed by atoms with Gasteiger partial charge in [0.25, 0.3) is 0 Å². The van der Waals surface area contributed by atoms with E-state index >= 15 is 0 Å². The lowest BCUT2D eigenvalue weighted by Crippen LogP contribution is -2.36. The van der Waals surface area contributed by atoms with E-state index in [2.05, 4.69) is 18.4 Å². The van der Waals surface area contributed by atoms with Crippen LogP contribution in [0.2, 0.25) is 5.02 Å². The summed E-state index contributed by atoms with van der Waals surface area (Å²) < 4.78 is 13.0. The molecule has 0 radical (unpaired) electrons. The van der Waals surface area contributed by atoms with E-state index in [1.807, 2.05) is 25.1 Å². The highest BCUT2D eigenvalue weighted by atomic mass is 35.5. The summed E-state index contributed by atoms with van der Waals surface area (Å²) in [6, 6.07) is 10.2. The molecule has 3 aromatic rings. The predicted octanol–water partition coefficient (Wildman–Crippen LogP) is 6.01. The maximum atomic E-state index is 13.5. The third kappa shape index (κ3) is 4.51. The Morgan fingerprint density at radius 3 is 2.38 bits per heavy atom. The van der Waals surface area contributed by atoms with Gasteiger partial charge in [0.15, 0.2) is 0 Å². The van der Waals surface area contributed by atoms with E-state index in [0.29, 0.717) is 34.5 Å². The average Bonchev–Trinajstić information content (AvgIpc) is 3.04. The van der Waals surface area contributed by atoms with Crippen molar-refractivity contribution in [2.45, 2.75) is 53.5 Å². The minimum atomic E-state index is -1.35. The highest BCUT2D eigenvalue weighted by Crippen LogP contribution is 2.42. The van der Waals surface area contributed by atoms with Gasteiger partial charge >= 0.3 is 11.9 Å². The molecule has 0 saturated heterocycles. The van der Waals surface area contributed by atoms with Crippen LogP contribution < -0.4 is 0 Å². The van der Waals surface area contributed by atoms with Gasteiger partial charge in [-0.2, -0.15) is 0 Å². The number of ether oxygens (including phenoxy) is 2. The minimum absolute atomic E-state index is 0.0654. The van der Waals surface area contributed by atoms with Gasteiger partial charge < -0.3 is 19.1 Å². The molecule has 0 aliphatic heterocycles. The Morgan fingerprint density at radius 2 is 1.79 bits per heavy atom. The third-order valence-electron chi connectivity index (χ3n) is 6.06. The van der Waals surface area contributed by atoms with Crippen molar-refractivity contribution >= 4 is 34.4 Å². The molecule has 182 valence electrons. The van der Waals surface area contributed by atoms with Crippen molar-refractivity contribution in [3.63, 3.8) is 0 Å².